The van der Waals surface area contributed by atoms with Gasteiger partial charge in [-0.3, -0.25) is 9.59 Å². The molecule has 3 rings (SSSR count). The predicted octanol–water partition coefficient (Wildman–Crippen LogP) is 2.09. The van der Waals surface area contributed by atoms with Gasteiger partial charge in [0.1, 0.15) is 6.61 Å². The number of carbonyl (C=O) groups is 1. The number of rotatable bonds is 4. The van der Waals surface area contributed by atoms with Crippen molar-refractivity contribution in [3.05, 3.63) is 75.7 Å². The van der Waals surface area contributed by atoms with Crippen molar-refractivity contribution >= 4 is 16.7 Å². The highest BCUT2D eigenvalue weighted by atomic mass is 16.5. The summed E-state index contributed by atoms with van der Waals surface area (Å²) in [6, 6.07) is 15.9. The van der Waals surface area contributed by atoms with Crippen LogP contribution in [0.1, 0.15) is 16.8 Å². The Hall–Kier alpha value is -3.46. The number of aryl methyl sites for hydroxylation is 1. The Bertz CT molecular complexity index is 1030. The maximum absolute atomic E-state index is 12.1. The molecule has 3 aromatic rings. The van der Waals surface area contributed by atoms with Crippen LogP contribution in [0.5, 0.6) is 0 Å². The van der Waals surface area contributed by atoms with Gasteiger partial charge >= 0.3 is 5.97 Å². The van der Waals surface area contributed by atoms with Crippen LogP contribution in [0.2, 0.25) is 0 Å². The van der Waals surface area contributed by atoms with E-state index in [9.17, 15) is 9.59 Å². The van der Waals surface area contributed by atoms with Crippen LogP contribution < -0.4 is 5.56 Å². The maximum Gasteiger partial charge on any atom is 0.312 e. The van der Waals surface area contributed by atoms with E-state index in [1.807, 2.05) is 6.07 Å². The average Bonchev–Trinajstić information content (AvgIpc) is 2.64. The Morgan fingerprint density at radius 2 is 1.84 bits per heavy atom. The van der Waals surface area contributed by atoms with Crippen LogP contribution in [-0.2, 0) is 29.6 Å². The standard InChI is InChI=1S/C19H15N3O3/c1-22-19(24)16-5-3-2-4-15(16)17(21-22)10-18(23)25-12-14-8-6-13(11-20)7-9-14/h2-9H,10,12H2,1H3. The van der Waals surface area contributed by atoms with Gasteiger partial charge in [0, 0.05) is 12.4 Å². The van der Waals surface area contributed by atoms with Gasteiger partial charge in [0.15, 0.2) is 0 Å². The first-order chi connectivity index (χ1) is 12.1. The zero-order chi connectivity index (χ0) is 17.8. The second-order valence-corrected chi connectivity index (χ2v) is 5.57. The number of fused-ring (bicyclic) bond motifs is 1. The summed E-state index contributed by atoms with van der Waals surface area (Å²) in [5, 5.41) is 14.1. The Balaban J connectivity index is 1.75. The third kappa shape index (κ3) is 3.56. The van der Waals surface area contributed by atoms with Crippen molar-refractivity contribution in [1.82, 2.24) is 9.78 Å². The molecule has 124 valence electrons. The summed E-state index contributed by atoms with van der Waals surface area (Å²) in [4.78, 5) is 24.2. The van der Waals surface area contributed by atoms with Gasteiger partial charge in [-0.2, -0.15) is 10.4 Å². The van der Waals surface area contributed by atoms with Crippen molar-refractivity contribution < 1.29 is 9.53 Å². The molecule has 2 aromatic carbocycles. The highest BCUT2D eigenvalue weighted by molar-refractivity contribution is 5.86. The molecule has 0 bridgehead atoms. The molecule has 0 unspecified atom stereocenters. The zero-order valence-electron chi connectivity index (χ0n) is 13.6. The fraction of sp³-hybridized carbons (Fsp3) is 0.158. The number of esters is 1. The Kier molecular flexibility index (Phi) is 4.57. The largest absolute Gasteiger partial charge is 0.461 e. The molecule has 6 nitrogen and oxygen atoms in total. The van der Waals surface area contributed by atoms with Crippen molar-refractivity contribution in [3.8, 4) is 6.07 Å². The smallest absolute Gasteiger partial charge is 0.312 e. The van der Waals surface area contributed by atoms with Crippen LogP contribution >= 0.6 is 0 Å². The highest BCUT2D eigenvalue weighted by Crippen LogP contribution is 2.14. The minimum atomic E-state index is -0.430. The summed E-state index contributed by atoms with van der Waals surface area (Å²) in [5.41, 5.74) is 1.65. The lowest BCUT2D eigenvalue weighted by Crippen LogP contribution is -2.22. The van der Waals surface area contributed by atoms with Gasteiger partial charge in [0.25, 0.3) is 5.56 Å². The Morgan fingerprint density at radius 1 is 1.16 bits per heavy atom. The van der Waals surface area contributed by atoms with Crippen LogP contribution in [0.3, 0.4) is 0 Å². The van der Waals surface area contributed by atoms with Gasteiger partial charge in [-0.1, -0.05) is 30.3 Å². The van der Waals surface area contributed by atoms with Crippen molar-refractivity contribution in [2.75, 3.05) is 0 Å². The second kappa shape index (κ2) is 6.97. The second-order valence-electron chi connectivity index (χ2n) is 5.57. The molecule has 0 aliphatic heterocycles. The molecule has 0 N–H and O–H groups in total. The van der Waals surface area contributed by atoms with Gasteiger partial charge in [0.05, 0.1) is 29.1 Å². The van der Waals surface area contributed by atoms with E-state index < -0.39 is 5.97 Å². The summed E-state index contributed by atoms with van der Waals surface area (Å²) < 4.78 is 6.50. The molecule has 0 saturated heterocycles. The molecule has 0 fully saturated rings. The van der Waals surface area contributed by atoms with E-state index in [0.717, 1.165) is 5.56 Å². The molecule has 1 aromatic heterocycles. The third-order valence-electron chi connectivity index (χ3n) is 3.83. The zero-order valence-corrected chi connectivity index (χ0v) is 13.6. The summed E-state index contributed by atoms with van der Waals surface area (Å²) in [7, 11) is 1.56. The predicted molar refractivity (Wildman–Crippen MR) is 91.6 cm³/mol. The lowest BCUT2D eigenvalue weighted by atomic mass is 10.1. The number of nitrogens with zero attached hydrogens (tertiary/aromatic N) is 3. The monoisotopic (exact) mass is 333 g/mol. The first-order valence-corrected chi connectivity index (χ1v) is 7.68. The molecular formula is C19H15N3O3. The number of ether oxygens (including phenoxy) is 1. The van der Waals surface area contributed by atoms with Crippen molar-refractivity contribution in [3.63, 3.8) is 0 Å². The Morgan fingerprint density at radius 3 is 2.52 bits per heavy atom. The van der Waals surface area contributed by atoms with E-state index in [1.54, 1.807) is 55.6 Å². The Labute approximate surface area is 143 Å². The molecule has 6 heteroatoms. The van der Waals surface area contributed by atoms with E-state index in [0.29, 0.717) is 22.0 Å². The molecule has 25 heavy (non-hydrogen) atoms. The van der Waals surface area contributed by atoms with Gasteiger partial charge in [0.2, 0.25) is 0 Å². The van der Waals surface area contributed by atoms with Gasteiger partial charge < -0.3 is 4.74 Å². The fourth-order valence-electron chi connectivity index (χ4n) is 2.53. The number of benzene rings is 2. The van der Waals surface area contributed by atoms with E-state index >= 15 is 0 Å². The molecule has 0 aliphatic carbocycles. The molecule has 0 amide bonds. The molecule has 0 aliphatic rings. The highest BCUT2D eigenvalue weighted by Gasteiger charge is 2.13. The summed E-state index contributed by atoms with van der Waals surface area (Å²) >= 11 is 0. The van der Waals surface area contributed by atoms with E-state index in [2.05, 4.69) is 5.10 Å². The van der Waals surface area contributed by atoms with Crippen LogP contribution in [-0.4, -0.2) is 15.7 Å². The molecule has 0 spiro atoms. The SMILES string of the molecule is Cn1nc(CC(=O)OCc2ccc(C#N)cc2)c2ccccc2c1=O. The molecular weight excluding hydrogens is 318 g/mol. The van der Waals surface area contributed by atoms with E-state index in [4.69, 9.17) is 10.00 Å². The minimum Gasteiger partial charge on any atom is -0.461 e. The van der Waals surface area contributed by atoms with Gasteiger partial charge in [-0.25, -0.2) is 4.68 Å². The summed E-state index contributed by atoms with van der Waals surface area (Å²) in [6.45, 7) is 0.119. The fourth-order valence-corrected chi connectivity index (χ4v) is 2.53. The van der Waals surface area contributed by atoms with E-state index in [-0.39, 0.29) is 18.6 Å². The number of nitriles is 1. The van der Waals surface area contributed by atoms with Gasteiger partial charge in [-0.05, 0) is 23.8 Å². The minimum absolute atomic E-state index is 0.0229. The molecule has 0 radical (unpaired) electrons. The van der Waals surface area contributed by atoms with Crippen molar-refractivity contribution in [1.29, 1.82) is 5.26 Å². The maximum atomic E-state index is 12.1. The summed E-state index contributed by atoms with van der Waals surface area (Å²) in [5.74, 6) is -0.430. The number of aromatic nitrogens is 2. The summed E-state index contributed by atoms with van der Waals surface area (Å²) in [6.07, 6.45) is -0.0229. The van der Waals surface area contributed by atoms with Crippen LogP contribution in [0.4, 0.5) is 0 Å². The molecule has 0 atom stereocenters. The van der Waals surface area contributed by atoms with Crippen LogP contribution in [0, 0.1) is 11.3 Å². The molecule has 0 saturated carbocycles. The van der Waals surface area contributed by atoms with Gasteiger partial charge in [-0.15, -0.1) is 0 Å². The van der Waals surface area contributed by atoms with E-state index in [1.165, 1.54) is 4.68 Å². The van der Waals surface area contributed by atoms with Crippen molar-refractivity contribution in [2.24, 2.45) is 7.05 Å². The first kappa shape index (κ1) is 16.4. The topological polar surface area (TPSA) is 85.0 Å². The lowest BCUT2D eigenvalue weighted by Gasteiger charge is -2.08. The first-order valence-electron chi connectivity index (χ1n) is 7.68. The van der Waals surface area contributed by atoms with Crippen LogP contribution in [0.25, 0.3) is 10.8 Å². The molecule has 1 heterocycles. The lowest BCUT2D eigenvalue weighted by molar-refractivity contribution is -0.144. The number of carbonyl (C=O) groups excluding carboxylic acids is 1. The normalized spacial score (nSPS) is 10.4. The quantitative estimate of drug-likeness (QED) is 0.683. The number of hydrogen-bond acceptors (Lipinski definition) is 5. The van der Waals surface area contributed by atoms with Crippen molar-refractivity contribution in [2.45, 2.75) is 13.0 Å². The van der Waals surface area contributed by atoms with Crippen LogP contribution in [0.15, 0.2) is 53.3 Å². The number of hydrogen-bond donors (Lipinski definition) is 0. The third-order valence-corrected chi connectivity index (χ3v) is 3.83. The average molecular weight is 333 g/mol.